The van der Waals surface area contributed by atoms with Gasteiger partial charge in [0.1, 0.15) is 23.2 Å². The average Bonchev–Trinajstić information content (AvgIpc) is 3.11. The van der Waals surface area contributed by atoms with Gasteiger partial charge < -0.3 is 10.1 Å². The van der Waals surface area contributed by atoms with Crippen LogP contribution in [0.3, 0.4) is 0 Å². The van der Waals surface area contributed by atoms with E-state index in [9.17, 15) is 4.39 Å². The lowest BCUT2D eigenvalue weighted by atomic mass is 10.1. The third-order valence-corrected chi connectivity index (χ3v) is 4.81. The highest BCUT2D eigenvalue weighted by atomic mass is 32.1. The molecule has 24 heavy (non-hydrogen) atoms. The van der Waals surface area contributed by atoms with Crippen LogP contribution in [-0.2, 0) is 6.61 Å². The van der Waals surface area contributed by atoms with E-state index in [4.69, 9.17) is 4.74 Å². The summed E-state index contributed by atoms with van der Waals surface area (Å²) in [6.07, 6.45) is 0. The number of nitrogens with zero attached hydrogens (tertiary/aromatic N) is 1. The van der Waals surface area contributed by atoms with Gasteiger partial charge in [-0.2, -0.15) is 0 Å². The molecule has 0 aliphatic carbocycles. The summed E-state index contributed by atoms with van der Waals surface area (Å²) in [7, 11) is 1.89. The Hall–Kier alpha value is -2.24. The molecular formula is C19H19FN2OS. The molecule has 124 valence electrons. The predicted molar refractivity (Wildman–Crippen MR) is 95.8 cm³/mol. The van der Waals surface area contributed by atoms with Gasteiger partial charge in [-0.25, -0.2) is 9.37 Å². The highest BCUT2D eigenvalue weighted by Gasteiger charge is 2.14. The molecule has 0 bridgehead atoms. The molecule has 0 saturated carbocycles. The molecule has 1 aromatic heterocycles. The number of thiazole rings is 1. The van der Waals surface area contributed by atoms with Gasteiger partial charge in [-0.15, -0.1) is 11.3 Å². The van der Waals surface area contributed by atoms with Crippen molar-refractivity contribution in [2.45, 2.75) is 19.6 Å². The first-order valence-corrected chi connectivity index (χ1v) is 8.64. The largest absolute Gasteiger partial charge is 0.488 e. The fraction of sp³-hybridized carbons (Fsp3) is 0.211. The van der Waals surface area contributed by atoms with E-state index >= 15 is 0 Å². The van der Waals surface area contributed by atoms with Crippen molar-refractivity contribution < 1.29 is 9.13 Å². The molecule has 0 fully saturated rings. The minimum atomic E-state index is -0.298. The first kappa shape index (κ1) is 16.6. The van der Waals surface area contributed by atoms with Crippen LogP contribution in [0.2, 0.25) is 0 Å². The zero-order valence-corrected chi connectivity index (χ0v) is 14.4. The van der Waals surface area contributed by atoms with Gasteiger partial charge in [0, 0.05) is 10.9 Å². The van der Waals surface area contributed by atoms with Crippen molar-refractivity contribution in [1.29, 1.82) is 0 Å². The molecule has 0 radical (unpaired) electrons. The van der Waals surface area contributed by atoms with Crippen LogP contribution in [0, 0.1) is 5.82 Å². The monoisotopic (exact) mass is 342 g/mol. The molecule has 0 amide bonds. The number of hydrogen-bond donors (Lipinski definition) is 1. The fourth-order valence-electron chi connectivity index (χ4n) is 2.30. The lowest BCUT2D eigenvalue weighted by Crippen LogP contribution is -2.11. The molecule has 1 atom stereocenters. The Morgan fingerprint density at radius 3 is 2.75 bits per heavy atom. The molecule has 1 unspecified atom stereocenters. The first-order valence-electron chi connectivity index (χ1n) is 7.76. The summed E-state index contributed by atoms with van der Waals surface area (Å²) in [4.78, 5) is 4.62. The summed E-state index contributed by atoms with van der Waals surface area (Å²) in [5.74, 6) is 0.336. The lowest BCUT2D eigenvalue weighted by Gasteiger charge is -2.11. The molecule has 0 saturated heterocycles. The zero-order chi connectivity index (χ0) is 16.9. The third kappa shape index (κ3) is 3.80. The predicted octanol–water partition coefficient (Wildman–Crippen LogP) is 4.81. The van der Waals surface area contributed by atoms with E-state index in [1.54, 1.807) is 17.4 Å². The van der Waals surface area contributed by atoms with E-state index in [0.717, 1.165) is 16.3 Å². The topological polar surface area (TPSA) is 34.2 Å². The van der Waals surface area contributed by atoms with Crippen molar-refractivity contribution in [2.24, 2.45) is 0 Å². The Labute approximate surface area is 145 Å². The van der Waals surface area contributed by atoms with Crippen LogP contribution in [0.15, 0.2) is 53.9 Å². The van der Waals surface area contributed by atoms with Gasteiger partial charge in [-0.05, 0) is 37.7 Å². The molecule has 0 spiro atoms. The van der Waals surface area contributed by atoms with E-state index in [1.807, 2.05) is 49.7 Å². The number of aromatic nitrogens is 1. The number of rotatable bonds is 6. The second-order valence-electron chi connectivity index (χ2n) is 5.50. The van der Waals surface area contributed by atoms with Gasteiger partial charge in [0.2, 0.25) is 0 Å². The standard InChI is InChI=1S/C19H19FN2OS/c1-13(21-2)19-22-17(12-24-19)16-10-15(20)8-9-18(16)23-11-14-6-4-3-5-7-14/h3-10,12-13,21H,11H2,1-2H3. The van der Waals surface area contributed by atoms with Crippen molar-refractivity contribution in [3.63, 3.8) is 0 Å². The van der Waals surface area contributed by atoms with E-state index in [-0.39, 0.29) is 11.9 Å². The number of benzene rings is 2. The van der Waals surface area contributed by atoms with Crippen LogP contribution >= 0.6 is 11.3 Å². The number of ether oxygens (including phenoxy) is 1. The summed E-state index contributed by atoms with van der Waals surface area (Å²) in [6.45, 7) is 2.48. The molecule has 5 heteroatoms. The summed E-state index contributed by atoms with van der Waals surface area (Å²) < 4.78 is 19.6. The zero-order valence-electron chi connectivity index (χ0n) is 13.6. The highest BCUT2D eigenvalue weighted by molar-refractivity contribution is 7.10. The molecule has 3 rings (SSSR count). The Balaban J connectivity index is 1.87. The quantitative estimate of drug-likeness (QED) is 0.698. The van der Waals surface area contributed by atoms with Gasteiger partial charge in [0.15, 0.2) is 0 Å². The van der Waals surface area contributed by atoms with E-state index in [1.165, 1.54) is 12.1 Å². The van der Waals surface area contributed by atoms with Crippen molar-refractivity contribution in [1.82, 2.24) is 10.3 Å². The van der Waals surface area contributed by atoms with Gasteiger partial charge in [0.05, 0.1) is 11.7 Å². The third-order valence-electron chi connectivity index (χ3n) is 3.78. The molecule has 3 nitrogen and oxygen atoms in total. The number of hydrogen-bond acceptors (Lipinski definition) is 4. The van der Waals surface area contributed by atoms with E-state index in [0.29, 0.717) is 17.9 Å². The van der Waals surface area contributed by atoms with Crippen LogP contribution in [0.4, 0.5) is 4.39 Å². The van der Waals surface area contributed by atoms with Crippen molar-refractivity contribution in [2.75, 3.05) is 7.05 Å². The van der Waals surface area contributed by atoms with E-state index < -0.39 is 0 Å². The minimum Gasteiger partial charge on any atom is -0.488 e. The number of halogens is 1. The van der Waals surface area contributed by atoms with Gasteiger partial charge in [0.25, 0.3) is 0 Å². The Bertz CT molecular complexity index is 804. The highest BCUT2D eigenvalue weighted by Crippen LogP contribution is 2.33. The van der Waals surface area contributed by atoms with Crippen molar-refractivity contribution in [3.8, 4) is 17.0 Å². The second kappa shape index (κ2) is 7.55. The molecule has 1 heterocycles. The average molecular weight is 342 g/mol. The van der Waals surface area contributed by atoms with Crippen LogP contribution < -0.4 is 10.1 Å². The molecule has 2 aromatic carbocycles. The Morgan fingerprint density at radius 1 is 1.21 bits per heavy atom. The molecule has 0 aliphatic heterocycles. The fourth-order valence-corrected chi connectivity index (χ4v) is 3.18. The van der Waals surface area contributed by atoms with Crippen molar-refractivity contribution >= 4 is 11.3 Å². The van der Waals surface area contributed by atoms with Crippen LogP contribution in [-0.4, -0.2) is 12.0 Å². The lowest BCUT2D eigenvalue weighted by molar-refractivity contribution is 0.307. The maximum atomic E-state index is 13.7. The number of nitrogens with one attached hydrogen (secondary N) is 1. The summed E-state index contributed by atoms with van der Waals surface area (Å²) in [6, 6.07) is 14.6. The second-order valence-corrected chi connectivity index (χ2v) is 6.39. The smallest absolute Gasteiger partial charge is 0.129 e. The van der Waals surface area contributed by atoms with Crippen LogP contribution in [0.5, 0.6) is 5.75 Å². The molecule has 0 aliphatic rings. The van der Waals surface area contributed by atoms with Crippen molar-refractivity contribution in [3.05, 3.63) is 70.3 Å². The Morgan fingerprint density at radius 2 is 2.00 bits per heavy atom. The maximum absolute atomic E-state index is 13.7. The van der Waals surface area contributed by atoms with E-state index in [2.05, 4.69) is 10.3 Å². The SMILES string of the molecule is CNC(C)c1nc(-c2cc(F)ccc2OCc2ccccc2)cs1. The van der Waals surface area contributed by atoms with Gasteiger partial charge in [-0.1, -0.05) is 30.3 Å². The summed E-state index contributed by atoms with van der Waals surface area (Å²) in [5, 5.41) is 6.06. The minimum absolute atomic E-state index is 0.158. The maximum Gasteiger partial charge on any atom is 0.129 e. The first-order chi connectivity index (χ1) is 11.7. The summed E-state index contributed by atoms with van der Waals surface area (Å²) in [5.41, 5.74) is 2.48. The molecule has 1 N–H and O–H groups in total. The Kier molecular flexibility index (Phi) is 5.23. The molecular weight excluding hydrogens is 323 g/mol. The molecule has 3 aromatic rings. The van der Waals surface area contributed by atoms with Gasteiger partial charge >= 0.3 is 0 Å². The van der Waals surface area contributed by atoms with Crippen LogP contribution in [0.25, 0.3) is 11.3 Å². The summed E-state index contributed by atoms with van der Waals surface area (Å²) >= 11 is 1.55. The van der Waals surface area contributed by atoms with Gasteiger partial charge in [-0.3, -0.25) is 0 Å². The normalized spacial score (nSPS) is 12.1. The van der Waals surface area contributed by atoms with Crippen LogP contribution in [0.1, 0.15) is 23.5 Å².